The maximum atomic E-state index is 12.2. The molecule has 1 fully saturated rings. The molecule has 1 aliphatic carbocycles. The van der Waals surface area contributed by atoms with Crippen molar-refractivity contribution in [2.45, 2.75) is 46.0 Å². The second kappa shape index (κ2) is 6.78. The molecular weight excluding hydrogens is 270 g/mol. The standard InChI is InChI=1S/C16H23NO4/c1-10-13(15(18)20-3)11(2)17-14(10)16(19)21-9-12-7-5-4-6-8-12/h12,17H,4-9H2,1-3H3. The summed E-state index contributed by atoms with van der Waals surface area (Å²) in [7, 11) is 1.33. The Bertz CT molecular complexity index is 527. The van der Waals surface area contributed by atoms with Crippen LogP contribution in [0.1, 0.15) is 64.2 Å². The van der Waals surface area contributed by atoms with Crippen molar-refractivity contribution in [2.24, 2.45) is 5.92 Å². The molecule has 0 spiro atoms. The average Bonchev–Trinajstić information content (AvgIpc) is 2.80. The van der Waals surface area contributed by atoms with E-state index in [4.69, 9.17) is 9.47 Å². The molecule has 5 nitrogen and oxygen atoms in total. The maximum absolute atomic E-state index is 12.2. The van der Waals surface area contributed by atoms with Crippen LogP contribution in [0.5, 0.6) is 0 Å². The van der Waals surface area contributed by atoms with Crippen LogP contribution in [-0.2, 0) is 9.47 Å². The van der Waals surface area contributed by atoms with Crippen molar-refractivity contribution in [3.63, 3.8) is 0 Å². The predicted octanol–water partition coefficient (Wildman–Crippen LogP) is 3.16. The first kappa shape index (κ1) is 15.6. The number of carbonyl (C=O) groups excluding carboxylic acids is 2. The lowest BCUT2D eigenvalue weighted by molar-refractivity contribution is 0.0403. The molecule has 0 aliphatic heterocycles. The summed E-state index contributed by atoms with van der Waals surface area (Å²) >= 11 is 0. The molecule has 0 amide bonds. The lowest BCUT2D eigenvalue weighted by atomic mass is 9.90. The zero-order valence-electron chi connectivity index (χ0n) is 13.0. The van der Waals surface area contributed by atoms with Crippen LogP contribution in [0.2, 0.25) is 0 Å². The van der Waals surface area contributed by atoms with Crippen LogP contribution < -0.4 is 0 Å². The normalized spacial score (nSPS) is 15.8. The van der Waals surface area contributed by atoms with E-state index in [2.05, 4.69) is 4.98 Å². The summed E-state index contributed by atoms with van der Waals surface area (Å²) in [5, 5.41) is 0. The molecule has 0 atom stereocenters. The minimum absolute atomic E-state index is 0.351. The summed E-state index contributed by atoms with van der Waals surface area (Å²) in [6.07, 6.45) is 5.97. The second-order valence-corrected chi connectivity index (χ2v) is 5.72. The van der Waals surface area contributed by atoms with Crippen molar-refractivity contribution < 1.29 is 19.1 Å². The van der Waals surface area contributed by atoms with Crippen LogP contribution in [0.4, 0.5) is 0 Å². The average molecular weight is 293 g/mol. The fraction of sp³-hybridized carbons (Fsp3) is 0.625. The van der Waals surface area contributed by atoms with Crippen LogP contribution in [0.25, 0.3) is 0 Å². The highest BCUT2D eigenvalue weighted by molar-refractivity contribution is 5.98. The monoisotopic (exact) mass is 293 g/mol. The minimum Gasteiger partial charge on any atom is -0.465 e. The van der Waals surface area contributed by atoms with Crippen molar-refractivity contribution in [1.29, 1.82) is 0 Å². The zero-order chi connectivity index (χ0) is 15.4. The number of aromatic amines is 1. The third kappa shape index (κ3) is 3.46. The Morgan fingerprint density at radius 1 is 1.14 bits per heavy atom. The van der Waals surface area contributed by atoms with Crippen LogP contribution in [0.15, 0.2) is 0 Å². The van der Waals surface area contributed by atoms with E-state index in [-0.39, 0.29) is 0 Å². The van der Waals surface area contributed by atoms with Gasteiger partial charge in [-0.1, -0.05) is 19.3 Å². The predicted molar refractivity (Wildman–Crippen MR) is 78.5 cm³/mol. The van der Waals surface area contributed by atoms with Crippen molar-refractivity contribution in [3.05, 3.63) is 22.5 Å². The van der Waals surface area contributed by atoms with Crippen molar-refractivity contribution in [2.75, 3.05) is 13.7 Å². The molecule has 0 aromatic carbocycles. The van der Waals surface area contributed by atoms with E-state index in [9.17, 15) is 9.59 Å². The maximum Gasteiger partial charge on any atom is 0.355 e. The molecule has 1 heterocycles. The van der Waals surface area contributed by atoms with Gasteiger partial charge in [-0.15, -0.1) is 0 Å². The highest BCUT2D eigenvalue weighted by Gasteiger charge is 2.24. The van der Waals surface area contributed by atoms with Gasteiger partial charge in [0.2, 0.25) is 0 Å². The van der Waals surface area contributed by atoms with Gasteiger partial charge in [0.05, 0.1) is 19.3 Å². The fourth-order valence-corrected chi connectivity index (χ4v) is 2.98. The molecule has 2 rings (SSSR count). The molecule has 0 unspecified atom stereocenters. The summed E-state index contributed by atoms with van der Waals surface area (Å²) in [6.45, 7) is 3.94. The number of rotatable bonds is 4. The van der Waals surface area contributed by atoms with Gasteiger partial charge in [-0.2, -0.15) is 0 Å². The Hall–Kier alpha value is -1.78. The van der Waals surface area contributed by atoms with E-state index in [1.165, 1.54) is 26.4 Å². The Kier molecular flexibility index (Phi) is 5.04. The van der Waals surface area contributed by atoms with Crippen LogP contribution in [0.3, 0.4) is 0 Å². The number of nitrogens with one attached hydrogen (secondary N) is 1. The second-order valence-electron chi connectivity index (χ2n) is 5.72. The van der Waals surface area contributed by atoms with Gasteiger partial charge < -0.3 is 14.5 Å². The Balaban J connectivity index is 2.03. The molecule has 5 heteroatoms. The number of methoxy groups -OCH3 is 1. The quantitative estimate of drug-likeness (QED) is 0.866. The molecular formula is C16H23NO4. The van der Waals surface area contributed by atoms with E-state index in [0.717, 1.165) is 12.8 Å². The molecule has 1 N–H and O–H groups in total. The van der Waals surface area contributed by atoms with E-state index < -0.39 is 11.9 Å². The number of aryl methyl sites for hydroxylation is 1. The van der Waals surface area contributed by atoms with E-state index in [0.29, 0.717) is 35.0 Å². The van der Waals surface area contributed by atoms with Crippen LogP contribution in [0, 0.1) is 19.8 Å². The molecule has 21 heavy (non-hydrogen) atoms. The minimum atomic E-state index is -0.437. The third-order valence-electron chi connectivity index (χ3n) is 4.21. The number of hydrogen-bond donors (Lipinski definition) is 1. The summed E-state index contributed by atoms with van der Waals surface area (Å²) in [5.74, 6) is -0.358. The van der Waals surface area contributed by atoms with Gasteiger partial charge in [-0.25, -0.2) is 9.59 Å². The largest absolute Gasteiger partial charge is 0.465 e. The number of ether oxygens (including phenoxy) is 2. The van der Waals surface area contributed by atoms with Crippen LogP contribution in [-0.4, -0.2) is 30.6 Å². The molecule has 116 valence electrons. The van der Waals surface area contributed by atoms with Crippen molar-refractivity contribution in [1.82, 2.24) is 4.98 Å². The molecule has 0 saturated heterocycles. The van der Waals surface area contributed by atoms with E-state index in [1.807, 2.05) is 0 Å². The SMILES string of the molecule is COC(=O)c1c(C)[nH]c(C(=O)OCC2CCCCC2)c1C. The Morgan fingerprint density at radius 2 is 1.81 bits per heavy atom. The van der Waals surface area contributed by atoms with Crippen molar-refractivity contribution in [3.8, 4) is 0 Å². The molecule has 1 aromatic rings. The number of carbonyl (C=O) groups is 2. The zero-order valence-corrected chi connectivity index (χ0v) is 13.0. The smallest absolute Gasteiger partial charge is 0.355 e. The first-order valence-electron chi connectivity index (χ1n) is 7.49. The summed E-state index contributed by atoms with van der Waals surface area (Å²) < 4.78 is 10.1. The summed E-state index contributed by atoms with van der Waals surface area (Å²) in [5.41, 5.74) is 1.99. The lowest BCUT2D eigenvalue weighted by Gasteiger charge is -2.20. The summed E-state index contributed by atoms with van der Waals surface area (Å²) in [4.78, 5) is 26.8. The number of aromatic nitrogens is 1. The lowest BCUT2D eigenvalue weighted by Crippen LogP contribution is -2.17. The Labute approximate surface area is 125 Å². The highest BCUT2D eigenvalue weighted by Crippen LogP contribution is 2.25. The van der Waals surface area contributed by atoms with Crippen molar-refractivity contribution >= 4 is 11.9 Å². The fourth-order valence-electron chi connectivity index (χ4n) is 2.98. The van der Waals surface area contributed by atoms with E-state index in [1.54, 1.807) is 13.8 Å². The third-order valence-corrected chi connectivity index (χ3v) is 4.21. The van der Waals surface area contributed by atoms with Gasteiger partial charge in [0, 0.05) is 5.69 Å². The van der Waals surface area contributed by atoms with Crippen LogP contribution >= 0.6 is 0 Å². The summed E-state index contributed by atoms with van der Waals surface area (Å²) in [6, 6.07) is 0. The first-order chi connectivity index (χ1) is 10.0. The molecule has 0 radical (unpaired) electrons. The van der Waals surface area contributed by atoms with E-state index >= 15 is 0 Å². The Morgan fingerprint density at radius 3 is 2.43 bits per heavy atom. The number of H-pyrrole nitrogens is 1. The molecule has 0 bridgehead atoms. The van der Waals surface area contributed by atoms with Gasteiger partial charge in [0.25, 0.3) is 0 Å². The topological polar surface area (TPSA) is 68.4 Å². The number of esters is 2. The molecule has 1 saturated carbocycles. The van der Waals surface area contributed by atoms with Gasteiger partial charge in [-0.3, -0.25) is 0 Å². The van der Waals surface area contributed by atoms with Gasteiger partial charge >= 0.3 is 11.9 Å². The highest BCUT2D eigenvalue weighted by atomic mass is 16.5. The molecule has 1 aromatic heterocycles. The molecule has 1 aliphatic rings. The number of hydrogen-bond acceptors (Lipinski definition) is 4. The van der Waals surface area contributed by atoms with Gasteiger partial charge in [0.15, 0.2) is 0 Å². The van der Waals surface area contributed by atoms with Gasteiger partial charge in [0.1, 0.15) is 5.69 Å². The first-order valence-corrected chi connectivity index (χ1v) is 7.49. The van der Waals surface area contributed by atoms with Gasteiger partial charge in [-0.05, 0) is 38.2 Å².